The minimum absolute atomic E-state index is 0.0920. The van der Waals surface area contributed by atoms with E-state index in [-0.39, 0.29) is 5.41 Å². The Hall–Kier alpha value is -6.44. The molecule has 0 heterocycles. The maximum absolute atomic E-state index is 2.43. The van der Waals surface area contributed by atoms with Crippen molar-refractivity contribution in [3.05, 3.63) is 211 Å². The fourth-order valence-electron chi connectivity index (χ4n) is 11.0. The molecule has 8 aromatic rings. The SMILES string of the molecule is CC1(C)c2ccccc2-c2ccc(N(c3ccc(-c4ccc(C5CC6CCC5C6)cc4)cc3)c3ccc(-c4ccccc4-c4ccccc4-c4ccccc4)cc3)cc21. The van der Waals surface area contributed by atoms with E-state index < -0.39 is 0 Å². The Morgan fingerprint density at radius 1 is 0.390 bits per heavy atom. The summed E-state index contributed by atoms with van der Waals surface area (Å²) in [4.78, 5) is 2.43. The Kier molecular flexibility index (Phi) is 8.73. The second-order valence-electron chi connectivity index (χ2n) is 17.7. The van der Waals surface area contributed by atoms with E-state index in [4.69, 9.17) is 0 Å². The van der Waals surface area contributed by atoms with Gasteiger partial charge in [0.15, 0.2) is 0 Å². The molecule has 3 aliphatic carbocycles. The average molecular weight is 760 g/mol. The fourth-order valence-corrected chi connectivity index (χ4v) is 11.0. The standard InChI is InChI=1S/C58H49N/c1-58(2)56-19-11-10-18-53(56)54-35-34-48(38-57(54)58)59(46-30-26-41(27-31-46)40-22-24-44(25-23-40)55-37-39-20-21-45(55)36-39)47-32-28-43(29-33-47)50-15-7-9-17-52(50)51-16-8-6-14-49(51)42-12-4-3-5-13-42/h3-19,22-35,38-39,45,55H,20-21,36-37H2,1-2H3. The van der Waals surface area contributed by atoms with Gasteiger partial charge in [-0.2, -0.15) is 0 Å². The summed E-state index contributed by atoms with van der Waals surface area (Å²) in [5, 5.41) is 0. The summed E-state index contributed by atoms with van der Waals surface area (Å²) in [5.74, 6) is 2.62. The van der Waals surface area contributed by atoms with Gasteiger partial charge in [0.05, 0.1) is 0 Å². The van der Waals surface area contributed by atoms with Gasteiger partial charge in [-0.25, -0.2) is 0 Å². The summed E-state index contributed by atoms with van der Waals surface area (Å²) in [6.07, 6.45) is 5.69. The third-order valence-corrected chi connectivity index (χ3v) is 14.0. The summed E-state index contributed by atoms with van der Waals surface area (Å²) >= 11 is 0. The maximum Gasteiger partial charge on any atom is 0.0465 e. The van der Waals surface area contributed by atoms with Crippen LogP contribution in [0.5, 0.6) is 0 Å². The van der Waals surface area contributed by atoms with Gasteiger partial charge in [0.1, 0.15) is 0 Å². The topological polar surface area (TPSA) is 3.24 Å². The van der Waals surface area contributed by atoms with Crippen LogP contribution in [-0.2, 0) is 5.41 Å². The van der Waals surface area contributed by atoms with E-state index in [2.05, 4.69) is 213 Å². The molecule has 2 fully saturated rings. The molecule has 1 heteroatoms. The van der Waals surface area contributed by atoms with Crippen molar-refractivity contribution in [1.29, 1.82) is 0 Å². The van der Waals surface area contributed by atoms with Crippen molar-refractivity contribution in [2.24, 2.45) is 11.8 Å². The van der Waals surface area contributed by atoms with Crippen LogP contribution in [0.25, 0.3) is 55.6 Å². The molecule has 0 spiro atoms. The number of hydrogen-bond donors (Lipinski definition) is 0. The van der Waals surface area contributed by atoms with Gasteiger partial charge in [0.25, 0.3) is 0 Å². The molecule has 0 amide bonds. The molecule has 0 N–H and O–H groups in total. The predicted octanol–water partition coefficient (Wildman–Crippen LogP) is 16.0. The molecule has 11 rings (SSSR count). The van der Waals surface area contributed by atoms with E-state index in [1.54, 1.807) is 0 Å². The first kappa shape index (κ1) is 35.7. The summed E-state index contributed by atoms with van der Waals surface area (Å²) < 4.78 is 0. The van der Waals surface area contributed by atoms with Crippen LogP contribution in [0.2, 0.25) is 0 Å². The smallest absolute Gasteiger partial charge is 0.0465 e. The van der Waals surface area contributed by atoms with E-state index in [1.807, 2.05) is 0 Å². The van der Waals surface area contributed by atoms with Gasteiger partial charge in [-0.15, -0.1) is 0 Å². The Bertz CT molecular complexity index is 2790. The van der Waals surface area contributed by atoms with Crippen molar-refractivity contribution in [2.45, 2.75) is 50.9 Å². The molecule has 2 saturated carbocycles. The minimum Gasteiger partial charge on any atom is -0.310 e. The molecule has 0 radical (unpaired) electrons. The molecule has 0 aliphatic heterocycles. The van der Waals surface area contributed by atoms with Crippen molar-refractivity contribution in [3.8, 4) is 55.6 Å². The number of fused-ring (bicyclic) bond motifs is 5. The van der Waals surface area contributed by atoms with Crippen LogP contribution in [0, 0.1) is 11.8 Å². The highest BCUT2D eigenvalue weighted by molar-refractivity contribution is 5.92. The Morgan fingerprint density at radius 3 is 1.47 bits per heavy atom. The van der Waals surface area contributed by atoms with E-state index in [9.17, 15) is 0 Å². The van der Waals surface area contributed by atoms with Crippen LogP contribution in [0.3, 0.4) is 0 Å². The van der Waals surface area contributed by atoms with E-state index in [0.717, 1.165) is 34.8 Å². The van der Waals surface area contributed by atoms with Gasteiger partial charge >= 0.3 is 0 Å². The summed E-state index contributed by atoms with van der Waals surface area (Å²) in [7, 11) is 0. The second kappa shape index (κ2) is 14.4. The average Bonchev–Trinajstić information content (AvgIpc) is 4.00. The van der Waals surface area contributed by atoms with E-state index >= 15 is 0 Å². The Balaban J connectivity index is 0.965. The lowest BCUT2D eigenvalue weighted by molar-refractivity contribution is 0.420. The first-order valence-corrected chi connectivity index (χ1v) is 21.6. The van der Waals surface area contributed by atoms with Crippen molar-refractivity contribution in [3.63, 3.8) is 0 Å². The normalized spacial score (nSPS) is 18.4. The van der Waals surface area contributed by atoms with Gasteiger partial charge in [0.2, 0.25) is 0 Å². The molecule has 286 valence electrons. The molecule has 0 aromatic heterocycles. The molecule has 0 saturated heterocycles. The van der Waals surface area contributed by atoms with Crippen LogP contribution in [0.4, 0.5) is 17.1 Å². The number of benzene rings is 8. The van der Waals surface area contributed by atoms with Gasteiger partial charge in [0, 0.05) is 22.5 Å². The first-order valence-electron chi connectivity index (χ1n) is 21.6. The zero-order valence-electron chi connectivity index (χ0n) is 34.0. The third-order valence-electron chi connectivity index (χ3n) is 14.0. The lowest BCUT2D eigenvalue weighted by Crippen LogP contribution is -2.16. The van der Waals surface area contributed by atoms with Crippen LogP contribution in [-0.4, -0.2) is 0 Å². The second-order valence-corrected chi connectivity index (χ2v) is 17.7. The summed E-state index contributed by atoms with van der Waals surface area (Å²) in [5.41, 5.74) is 20.2. The monoisotopic (exact) mass is 759 g/mol. The van der Waals surface area contributed by atoms with E-state index in [0.29, 0.717) is 0 Å². The molecule has 3 atom stereocenters. The highest BCUT2D eigenvalue weighted by Gasteiger charge is 2.40. The third kappa shape index (κ3) is 6.23. The summed E-state index contributed by atoms with van der Waals surface area (Å²) in [6, 6.07) is 72.2. The van der Waals surface area contributed by atoms with Crippen molar-refractivity contribution >= 4 is 17.1 Å². The van der Waals surface area contributed by atoms with Crippen LogP contribution in [0.1, 0.15) is 62.1 Å². The Labute approximate surface area is 349 Å². The first-order chi connectivity index (χ1) is 29.0. The van der Waals surface area contributed by atoms with Crippen LogP contribution >= 0.6 is 0 Å². The number of rotatable bonds is 8. The molecule has 3 aliphatic rings. The zero-order chi connectivity index (χ0) is 39.5. The zero-order valence-corrected chi connectivity index (χ0v) is 34.0. The quantitative estimate of drug-likeness (QED) is 0.149. The summed E-state index contributed by atoms with van der Waals surface area (Å²) in [6.45, 7) is 4.73. The van der Waals surface area contributed by atoms with Crippen LogP contribution < -0.4 is 4.90 Å². The number of nitrogens with zero attached hydrogens (tertiary/aromatic N) is 1. The van der Waals surface area contributed by atoms with Gasteiger partial charge in [-0.1, -0.05) is 178 Å². The number of anilines is 3. The minimum atomic E-state index is -0.0920. The molecule has 3 unspecified atom stereocenters. The highest BCUT2D eigenvalue weighted by atomic mass is 15.1. The van der Waals surface area contributed by atoms with Gasteiger partial charge in [-0.3, -0.25) is 0 Å². The van der Waals surface area contributed by atoms with Crippen molar-refractivity contribution in [2.75, 3.05) is 4.90 Å². The van der Waals surface area contributed by atoms with Crippen LogP contribution in [0.15, 0.2) is 194 Å². The lowest BCUT2D eigenvalue weighted by atomic mass is 9.82. The molecule has 8 aromatic carbocycles. The Morgan fingerprint density at radius 2 is 0.881 bits per heavy atom. The largest absolute Gasteiger partial charge is 0.310 e. The van der Waals surface area contributed by atoms with Gasteiger partial charge < -0.3 is 4.90 Å². The predicted molar refractivity (Wildman–Crippen MR) is 249 cm³/mol. The van der Waals surface area contributed by atoms with Gasteiger partial charge in [-0.05, 0) is 146 Å². The molecule has 1 nitrogen and oxygen atoms in total. The molecular weight excluding hydrogens is 711 g/mol. The van der Waals surface area contributed by atoms with Crippen molar-refractivity contribution in [1.82, 2.24) is 0 Å². The van der Waals surface area contributed by atoms with E-state index in [1.165, 1.54) is 98.0 Å². The lowest BCUT2D eigenvalue weighted by Gasteiger charge is -2.28. The molecule has 2 bridgehead atoms. The molecule has 59 heavy (non-hydrogen) atoms. The maximum atomic E-state index is 2.43. The van der Waals surface area contributed by atoms with Crippen molar-refractivity contribution < 1.29 is 0 Å². The molecular formula is C58H49N. The highest BCUT2D eigenvalue weighted by Crippen LogP contribution is 2.53. The number of hydrogen-bond acceptors (Lipinski definition) is 1. The fraction of sp³-hybridized carbons (Fsp3) is 0.172.